The summed E-state index contributed by atoms with van der Waals surface area (Å²) in [6, 6.07) is 0.771. The largest absolute Gasteiger partial charge is 0.376 e. The molecule has 1 N–H and O–H groups in total. The fraction of sp³-hybridized carbons (Fsp3) is 1.00. The minimum absolute atomic E-state index is 0.338. The lowest BCUT2D eigenvalue weighted by Crippen LogP contribution is -2.36. The molecule has 2 atom stereocenters. The molecule has 1 aliphatic carbocycles. The van der Waals surface area contributed by atoms with Crippen molar-refractivity contribution >= 4 is 0 Å². The van der Waals surface area contributed by atoms with E-state index >= 15 is 0 Å². The molecule has 0 radical (unpaired) electrons. The van der Waals surface area contributed by atoms with Crippen LogP contribution in [0.4, 0.5) is 0 Å². The van der Waals surface area contributed by atoms with Crippen LogP contribution in [0.15, 0.2) is 0 Å². The first-order chi connectivity index (χ1) is 7.75. The molecule has 0 aromatic carbocycles. The number of rotatable bonds is 7. The van der Waals surface area contributed by atoms with Crippen LogP contribution in [0.3, 0.4) is 0 Å². The highest BCUT2D eigenvalue weighted by atomic mass is 16.5. The zero-order chi connectivity index (χ0) is 11.4. The third-order valence-electron chi connectivity index (χ3n) is 3.45. The summed E-state index contributed by atoms with van der Waals surface area (Å²) in [6.45, 7) is 7.15. The predicted molar refractivity (Wildman–Crippen MR) is 64.6 cm³/mol. The highest BCUT2D eigenvalue weighted by Gasteiger charge is 2.24. The van der Waals surface area contributed by atoms with Gasteiger partial charge >= 0.3 is 0 Å². The quantitative estimate of drug-likeness (QED) is 0.721. The van der Waals surface area contributed by atoms with Gasteiger partial charge in [0.25, 0.3) is 0 Å². The first-order valence-corrected chi connectivity index (χ1v) is 6.72. The Bertz CT molecular complexity index is 198. The summed E-state index contributed by atoms with van der Waals surface area (Å²) in [5, 5.41) is 3.55. The number of nitrogens with one attached hydrogen (secondary N) is 1. The normalized spacial score (nSPS) is 27.6. The minimum Gasteiger partial charge on any atom is -0.376 e. The fourth-order valence-electron chi connectivity index (χ4n) is 2.06. The van der Waals surface area contributed by atoms with Gasteiger partial charge in [-0.25, -0.2) is 0 Å². The van der Waals surface area contributed by atoms with Gasteiger partial charge in [0.2, 0.25) is 0 Å². The van der Waals surface area contributed by atoms with E-state index in [0.717, 1.165) is 25.8 Å². The maximum absolute atomic E-state index is 5.98. The third-order valence-corrected chi connectivity index (χ3v) is 3.45. The minimum atomic E-state index is 0.338. The van der Waals surface area contributed by atoms with Crippen LogP contribution in [0, 0.1) is 5.92 Å². The molecular weight excluding hydrogens is 202 g/mol. The van der Waals surface area contributed by atoms with E-state index in [1.54, 1.807) is 0 Å². The van der Waals surface area contributed by atoms with Crippen molar-refractivity contribution in [2.24, 2.45) is 5.92 Å². The first kappa shape index (κ1) is 12.3. The van der Waals surface area contributed by atoms with Crippen LogP contribution in [0.25, 0.3) is 0 Å². The molecule has 2 unspecified atom stereocenters. The molecule has 2 rings (SSSR count). The molecule has 0 aromatic heterocycles. The average molecular weight is 227 g/mol. The Balaban J connectivity index is 1.64. The van der Waals surface area contributed by atoms with Gasteiger partial charge in [-0.1, -0.05) is 13.8 Å². The van der Waals surface area contributed by atoms with Gasteiger partial charge in [0.1, 0.15) is 0 Å². The molecule has 1 saturated heterocycles. The lowest BCUT2D eigenvalue weighted by Gasteiger charge is -2.23. The molecule has 2 fully saturated rings. The van der Waals surface area contributed by atoms with Crippen molar-refractivity contribution in [3.05, 3.63) is 0 Å². The van der Waals surface area contributed by atoms with Gasteiger partial charge in [-0.05, 0) is 31.6 Å². The summed E-state index contributed by atoms with van der Waals surface area (Å²) < 4.78 is 11.6. The summed E-state index contributed by atoms with van der Waals surface area (Å²) in [5.74, 6) is 0.577. The van der Waals surface area contributed by atoms with Crippen molar-refractivity contribution in [3.63, 3.8) is 0 Å². The van der Waals surface area contributed by atoms with E-state index < -0.39 is 0 Å². The van der Waals surface area contributed by atoms with Gasteiger partial charge in [-0.3, -0.25) is 0 Å². The summed E-state index contributed by atoms with van der Waals surface area (Å²) in [5.41, 5.74) is 0. The molecule has 1 heterocycles. The Morgan fingerprint density at radius 3 is 2.69 bits per heavy atom. The Morgan fingerprint density at radius 1 is 1.31 bits per heavy atom. The molecule has 94 valence electrons. The summed E-state index contributed by atoms with van der Waals surface area (Å²) in [6.07, 6.45) is 5.74. The zero-order valence-electron chi connectivity index (χ0n) is 10.6. The van der Waals surface area contributed by atoms with Gasteiger partial charge in [0.15, 0.2) is 0 Å². The van der Waals surface area contributed by atoms with Gasteiger partial charge < -0.3 is 14.8 Å². The Hall–Kier alpha value is -0.120. The van der Waals surface area contributed by atoms with E-state index in [-0.39, 0.29) is 0 Å². The highest BCUT2D eigenvalue weighted by Crippen LogP contribution is 2.20. The molecular formula is C13H25NO2. The average Bonchev–Trinajstić information content (AvgIpc) is 2.93. The molecule has 1 aliphatic heterocycles. The van der Waals surface area contributed by atoms with Crippen LogP contribution >= 0.6 is 0 Å². The van der Waals surface area contributed by atoms with Gasteiger partial charge in [0, 0.05) is 19.2 Å². The Morgan fingerprint density at radius 2 is 2.12 bits per heavy atom. The molecule has 0 amide bonds. The second-order valence-electron chi connectivity index (χ2n) is 5.43. The third kappa shape index (κ3) is 4.04. The van der Waals surface area contributed by atoms with Crippen LogP contribution in [0.2, 0.25) is 0 Å². The van der Waals surface area contributed by atoms with Crippen LogP contribution < -0.4 is 5.32 Å². The summed E-state index contributed by atoms with van der Waals surface area (Å²) >= 11 is 0. The Kier molecular flexibility index (Phi) is 4.62. The monoisotopic (exact) mass is 227 g/mol. The van der Waals surface area contributed by atoms with Crippen molar-refractivity contribution in [2.45, 2.75) is 57.8 Å². The second-order valence-corrected chi connectivity index (χ2v) is 5.43. The molecule has 3 heteroatoms. The van der Waals surface area contributed by atoms with Gasteiger partial charge in [-0.15, -0.1) is 0 Å². The molecule has 0 spiro atoms. The van der Waals surface area contributed by atoms with E-state index in [9.17, 15) is 0 Å². The standard InChI is InChI=1S/C13H25NO2/c1-10(2)13(8-14-11-5-6-11)16-9-12-4-3-7-15-12/h10-14H,3-9H2,1-2H3. The van der Waals surface area contributed by atoms with Gasteiger partial charge in [0.05, 0.1) is 18.8 Å². The van der Waals surface area contributed by atoms with Crippen LogP contribution in [-0.2, 0) is 9.47 Å². The smallest absolute Gasteiger partial charge is 0.0809 e. The zero-order valence-corrected chi connectivity index (χ0v) is 10.6. The SMILES string of the molecule is CC(C)C(CNC1CC1)OCC1CCCO1. The van der Waals surface area contributed by atoms with Crippen LogP contribution in [0.1, 0.15) is 39.5 Å². The van der Waals surface area contributed by atoms with Crippen molar-refractivity contribution in [1.29, 1.82) is 0 Å². The van der Waals surface area contributed by atoms with E-state index in [4.69, 9.17) is 9.47 Å². The number of hydrogen-bond donors (Lipinski definition) is 1. The highest BCUT2D eigenvalue weighted by molar-refractivity contribution is 4.82. The van der Waals surface area contributed by atoms with Gasteiger partial charge in [-0.2, -0.15) is 0 Å². The van der Waals surface area contributed by atoms with E-state index in [0.29, 0.717) is 18.1 Å². The molecule has 16 heavy (non-hydrogen) atoms. The number of ether oxygens (including phenoxy) is 2. The summed E-state index contributed by atoms with van der Waals surface area (Å²) in [4.78, 5) is 0. The maximum Gasteiger partial charge on any atom is 0.0809 e. The van der Waals surface area contributed by atoms with Crippen molar-refractivity contribution < 1.29 is 9.47 Å². The lowest BCUT2D eigenvalue weighted by molar-refractivity contribution is -0.0360. The van der Waals surface area contributed by atoms with Crippen LogP contribution in [0.5, 0.6) is 0 Å². The topological polar surface area (TPSA) is 30.5 Å². The van der Waals surface area contributed by atoms with E-state index in [1.807, 2.05) is 0 Å². The predicted octanol–water partition coefficient (Wildman–Crippen LogP) is 1.96. The lowest BCUT2D eigenvalue weighted by atomic mass is 10.1. The summed E-state index contributed by atoms with van der Waals surface area (Å²) in [7, 11) is 0. The molecule has 0 bridgehead atoms. The van der Waals surface area contributed by atoms with Crippen molar-refractivity contribution in [1.82, 2.24) is 5.32 Å². The van der Waals surface area contributed by atoms with Crippen molar-refractivity contribution in [3.8, 4) is 0 Å². The van der Waals surface area contributed by atoms with E-state index in [1.165, 1.54) is 25.7 Å². The van der Waals surface area contributed by atoms with E-state index in [2.05, 4.69) is 19.2 Å². The van der Waals surface area contributed by atoms with Crippen LogP contribution in [-0.4, -0.2) is 38.0 Å². The number of hydrogen-bond acceptors (Lipinski definition) is 3. The Labute approximate surface area is 98.9 Å². The van der Waals surface area contributed by atoms with Crippen molar-refractivity contribution in [2.75, 3.05) is 19.8 Å². The molecule has 2 aliphatic rings. The molecule has 3 nitrogen and oxygen atoms in total. The maximum atomic E-state index is 5.98. The molecule has 0 aromatic rings. The fourth-order valence-corrected chi connectivity index (χ4v) is 2.06. The second kappa shape index (κ2) is 5.99. The first-order valence-electron chi connectivity index (χ1n) is 6.72. The molecule has 1 saturated carbocycles.